The van der Waals surface area contributed by atoms with Crippen LogP contribution in [0, 0.1) is 0 Å². The standard InChI is InChI=1S/C16H20N2O5/c1-23-13-9-11(6-7-12(13)16(21)22)17-14(19)10-18-8-4-2-3-5-15(18)20/h6-7,9H,2-5,8,10H2,1H3,(H,17,19)(H,21,22). The number of aromatic carboxylic acids is 1. The molecule has 1 heterocycles. The second kappa shape index (κ2) is 7.62. The molecule has 0 spiro atoms. The number of anilines is 1. The van der Waals surface area contributed by atoms with E-state index < -0.39 is 5.97 Å². The number of methoxy groups -OCH3 is 1. The van der Waals surface area contributed by atoms with Crippen LogP contribution in [0.1, 0.15) is 36.0 Å². The Morgan fingerprint density at radius 2 is 2.09 bits per heavy atom. The van der Waals surface area contributed by atoms with E-state index in [1.807, 2.05) is 0 Å². The Morgan fingerprint density at radius 1 is 1.30 bits per heavy atom. The number of carboxylic acids is 1. The Balaban J connectivity index is 2.02. The van der Waals surface area contributed by atoms with Gasteiger partial charge < -0.3 is 20.1 Å². The Bertz CT molecular complexity index is 614. The van der Waals surface area contributed by atoms with Gasteiger partial charge >= 0.3 is 5.97 Å². The van der Waals surface area contributed by atoms with Crippen LogP contribution in [-0.2, 0) is 9.59 Å². The molecule has 0 saturated carbocycles. The minimum absolute atomic E-state index is 0.00182. The van der Waals surface area contributed by atoms with Crippen LogP contribution in [-0.4, -0.2) is 48.0 Å². The van der Waals surface area contributed by atoms with Gasteiger partial charge in [-0.2, -0.15) is 0 Å². The van der Waals surface area contributed by atoms with Gasteiger partial charge in [0.15, 0.2) is 0 Å². The highest BCUT2D eigenvalue weighted by atomic mass is 16.5. The van der Waals surface area contributed by atoms with Gasteiger partial charge in [0.1, 0.15) is 11.3 Å². The number of carboxylic acid groups (broad SMARTS) is 1. The summed E-state index contributed by atoms with van der Waals surface area (Å²) in [6.07, 6.45) is 3.25. The molecule has 124 valence electrons. The topological polar surface area (TPSA) is 95.9 Å². The molecule has 0 aliphatic carbocycles. The number of benzene rings is 1. The number of carbonyl (C=O) groups excluding carboxylic acids is 2. The number of amides is 2. The van der Waals surface area contributed by atoms with Crippen molar-refractivity contribution in [1.82, 2.24) is 4.90 Å². The monoisotopic (exact) mass is 320 g/mol. The number of ether oxygens (including phenoxy) is 1. The average Bonchev–Trinajstić information content (AvgIpc) is 2.71. The van der Waals surface area contributed by atoms with Gasteiger partial charge in [0.05, 0.1) is 13.7 Å². The van der Waals surface area contributed by atoms with E-state index in [-0.39, 0.29) is 29.7 Å². The smallest absolute Gasteiger partial charge is 0.339 e. The van der Waals surface area contributed by atoms with Gasteiger partial charge in [-0.05, 0) is 25.0 Å². The first-order chi connectivity index (χ1) is 11.0. The fourth-order valence-electron chi connectivity index (χ4n) is 2.53. The fourth-order valence-corrected chi connectivity index (χ4v) is 2.53. The molecule has 1 aliphatic heterocycles. The van der Waals surface area contributed by atoms with E-state index in [1.54, 1.807) is 4.90 Å². The summed E-state index contributed by atoms with van der Waals surface area (Å²) in [6.45, 7) is 0.593. The summed E-state index contributed by atoms with van der Waals surface area (Å²) in [5.41, 5.74) is 0.451. The molecule has 2 N–H and O–H groups in total. The lowest BCUT2D eigenvalue weighted by molar-refractivity contribution is -0.134. The number of nitrogens with zero attached hydrogens (tertiary/aromatic N) is 1. The summed E-state index contributed by atoms with van der Waals surface area (Å²) in [5.74, 6) is -1.25. The average molecular weight is 320 g/mol. The van der Waals surface area contributed by atoms with Crippen molar-refractivity contribution in [2.75, 3.05) is 25.5 Å². The van der Waals surface area contributed by atoms with Crippen LogP contribution in [0.25, 0.3) is 0 Å². The predicted molar refractivity (Wildman–Crippen MR) is 83.6 cm³/mol. The fraction of sp³-hybridized carbons (Fsp3) is 0.438. The molecule has 2 amide bonds. The minimum atomic E-state index is -1.10. The molecule has 0 radical (unpaired) electrons. The van der Waals surface area contributed by atoms with Crippen molar-refractivity contribution < 1.29 is 24.2 Å². The Kier molecular flexibility index (Phi) is 5.56. The largest absolute Gasteiger partial charge is 0.496 e. The normalized spacial score (nSPS) is 15.0. The molecule has 1 aromatic rings. The van der Waals surface area contributed by atoms with Crippen molar-refractivity contribution in [1.29, 1.82) is 0 Å². The van der Waals surface area contributed by atoms with Gasteiger partial charge in [0.2, 0.25) is 11.8 Å². The van der Waals surface area contributed by atoms with Gasteiger partial charge in [0.25, 0.3) is 0 Å². The minimum Gasteiger partial charge on any atom is -0.496 e. The zero-order valence-electron chi connectivity index (χ0n) is 13.0. The molecule has 1 aromatic carbocycles. The molecule has 1 aliphatic rings. The third kappa shape index (κ3) is 4.45. The molecule has 23 heavy (non-hydrogen) atoms. The predicted octanol–water partition coefficient (Wildman–Crippen LogP) is 1.73. The van der Waals surface area contributed by atoms with E-state index in [2.05, 4.69) is 5.32 Å². The van der Waals surface area contributed by atoms with Crippen molar-refractivity contribution in [3.05, 3.63) is 23.8 Å². The SMILES string of the molecule is COc1cc(NC(=O)CN2CCCCCC2=O)ccc1C(=O)O. The zero-order valence-corrected chi connectivity index (χ0v) is 13.0. The Morgan fingerprint density at radius 3 is 2.78 bits per heavy atom. The molecule has 1 fully saturated rings. The third-order valence-electron chi connectivity index (χ3n) is 3.72. The highest BCUT2D eigenvalue weighted by Crippen LogP contribution is 2.23. The number of hydrogen-bond donors (Lipinski definition) is 2. The van der Waals surface area contributed by atoms with Crippen LogP contribution >= 0.6 is 0 Å². The van der Waals surface area contributed by atoms with E-state index >= 15 is 0 Å². The number of nitrogens with one attached hydrogen (secondary N) is 1. The van der Waals surface area contributed by atoms with E-state index in [1.165, 1.54) is 25.3 Å². The van der Waals surface area contributed by atoms with Crippen LogP contribution in [0.2, 0.25) is 0 Å². The second-order valence-corrected chi connectivity index (χ2v) is 5.39. The van der Waals surface area contributed by atoms with E-state index in [0.717, 1.165) is 19.3 Å². The second-order valence-electron chi connectivity index (χ2n) is 5.39. The first-order valence-corrected chi connectivity index (χ1v) is 7.50. The summed E-state index contributed by atoms with van der Waals surface area (Å²) < 4.78 is 5.02. The molecule has 7 nitrogen and oxygen atoms in total. The maximum absolute atomic E-state index is 12.1. The summed E-state index contributed by atoms with van der Waals surface area (Å²) in [5, 5.41) is 11.7. The number of hydrogen-bond acceptors (Lipinski definition) is 4. The van der Waals surface area contributed by atoms with Crippen molar-refractivity contribution in [3.8, 4) is 5.75 Å². The summed E-state index contributed by atoms with van der Waals surface area (Å²) in [4.78, 5) is 36.6. The number of likely N-dealkylation sites (tertiary alicyclic amines) is 1. The lowest BCUT2D eigenvalue weighted by Crippen LogP contribution is -2.37. The highest BCUT2D eigenvalue weighted by Gasteiger charge is 2.19. The first-order valence-electron chi connectivity index (χ1n) is 7.50. The van der Waals surface area contributed by atoms with Gasteiger partial charge in [-0.25, -0.2) is 4.79 Å². The molecule has 2 rings (SSSR count). The van der Waals surface area contributed by atoms with E-state index in [4.69, 9.17) is 9.84 Å². The zero-order chi connectivity index (χ0) is 16.8. The van der Waals surface area contributed by atoms with Crippen LogP contribution < -0.4 is 10.1 Å². The number of carbonyl (C=O) groups is 3. The molecule has 0 unspecified atom stereocenters. The Labute approximate surface area is 134 Å². The summed E-state index contributed by atoms with van der Waals surface area (Å²) in [7, 11) is 1.36. The maximum atomic E-state index is 12.1. The molecule has 0 aromatic heterocycles. The van der Waals surface area contributed by atoms with Crippen LogP contribution in [0.5, 0.6) is 5.75 Å². The first kappa shape index (κ1) is 16.8. The van der Waals surface area contributed by atoms with Crippen LogP contribution in [0.4, 0.5) is 5.69 Å². The lowest BCUT2D eigenvalue weighted by Gasteiger charge is -2.20. The number of rotatable bonds is 5. The van der Waals surface area contributed by atoms with E-state index in [0.29, 0.717) is 18.7 Å². The van der Waals surface area contributed by atoms with Crippen molar-refractivity contribution in [3.63, 3.8) is 0 Å². The van der Waals surface area contributed by atoms with Gasteiger partial charge in [-0.3, -0.25) is 9.59 Å². The van der Waals surface area contributed by atoms with Crippen molar-refractivity contribution >= 4 is 23.5 Å². The molecular formula is C16H20N2O5. The Hall–Kier alpha value is -2.57. The van der Waals surface area contributed by atoms with Gasteiger partial charge in [-0.15, -0.1) is 0 Å². The summed E-state index contributed by atoms with van der Waals surface area (Å²) >= 11 is 0. The van der Waals surface area contributed by atoms with E-state index in [9.17, 15) is 14.4 Å². The molecule has 0 bridgehead atoms. The van der Waals surface area contributed by atoms with Gasteiger partial charge in [-0.1, -0.05) is 6.42 Å². The molecular weight excluding hydrogens is 300 g/mol. The molecule has 0 atom stereocenters. The quantitative estimate of drug-likeness (QED) is 0.861. The lowest BCUT2D eigenvalue weighted by atomic mass is 10.2. The van der Waals surface area contributed by atoms with Crippen LogP contribution in [0.15, 0.2) is 18.2 Å². The highest BCUT2D eigenvalue weighted by molar-refractivity contribution is 5.96. The summed E-state index contributed by atoms with van der Waals surface area (Å²) in [6, 6.07) is 4.31. The van der Waals surface area contributed by atoms with Gasteiger partial charge in [0, 0.05) is 24.7 Å². The molecule has 1 saturated heterocycles. The van der Waals surface area contributed by atoms with Crippen molar-refractivity contribution in [2.24, 2.45) is 0 Å². The van der Waals surface area contributed by atoms with Crippen molar-refractivity contribution in [2.45, 2.75) is 25.7 Å². The maximum Gasteiger partial charge on any atom is 0.339 e. The third-order valence-corrected chi connectivity index (χ3v) is 3.72. The molecule has 7 heteroatoms. The van der Waals surface area contributed by atoms with Crippen LogP contribution in [0.3, 0.4) is 0 Å².